The van der Waals surface area contributed by atoms with Crippen molar-refractivity contribution in [2.75, 3.05) is 19.0 Å². The van der Waals surface area contributed by atoms with Gasteiger partial charge in [0.2, 0.25) is 5.91 Å². The lowest BCUT2D eigenvalue weighted by molar-refractivity contribution is -0.160. The monoisotopic (exact) mass is 253 g/mol. The van der Waals surface area contributed by atoms with Crippen molar-refractivity contribution in [3.8, 4) is 0 Å². The van der Waals surface area contributed by atoms with Crippen LogP contribution in [-0.4, -0.2) is 35.8 Å². The maximum atomic E-state index is 11.7. The van der Waals surface area contributed by atoms with Gasteiger partial charge in [0.25, 0.3) is 0 Å². The fourth-order valence-corrected chi connectivity index (χ4v) is 2.00. The van der Waals surface area contributed by atoms with Crippen LogP contribution in [0.25, 0.3) is 0 Å². The Bertz CT molecular complexity index is 421. The van der Waals surface area contributed by atoms with Crippen molar-refractivity contribution < 1.29 is 14.3 Å². The molecule has 1 saturated heterocycles. The summed E-state index contributed by atoms with van der Waals surface area (Å²) in [5.41, 5.74) is 0.943. The van der Waals surface area contributed by atoms with Crippen LogP contribution in [0.4, 0.5) is 0 Å². The van der Waals surface area contributed by atoms with Crippen LogP contribution in [0.2, 0.25) is 0 Å². The Balaban J connectivity index is 2.24. The topological polar surface area (TPSA) is 46.6 Å². The molecular weight excluding hydrogens is 242 g/mol. The standard InChI is InChI=1S/C12H12ClNO3/c13-6-11(15)14-7-12(16)17-8-10(14)9-4-2-1-3-5-9/h1-5,10H,6-8H2/t10-/m0/s1. The molecule has 4 nitrogen and oxygen atoms in total. The van der Waals surface area contributed by atoms with Crippen LogP contribution in [-0.2, 0) is 14.3 Å². The number of halogens is 1. The molecular formula is C12H12ClNO3. The Morgan fingerprint density at radius 2 is 2.12 bits per heavy atom. The summed E-state index contributed by atoms with van der Waals surface area (Å²) in [4.78, 5) is 24.4. The molecule has 1 aromatic rings. The van der Waals surface area contributed by atoms with E-state index in [2.05, 4.69) is 0 Å². The molecule has 90 valence electrons. The second-order valence-corrected chi connectivity index (χ2v) is 4.03. The summed E-state index contributed by atoms with van der Waals surface area (Å²) in [6.45, 7) is 0.149. The summed E-state index contributed by atoms with van der Waals surface area (Å²) in [5.74, 6) is -0.774. The van der Waals surface area contributed by atoms with Crippen molar-refractivity contribution >= 4 is 23.5 Å². The van der Waals surface area contributed by atoms with Crippen molar-refractivity contribution in [3.63, 3.8) is 0 Å². The first kappa shape index (κ1) is 11.9. The van der Waals surface area contributed by atoms with Crippen LogP contribution >= 0.6 is 11.6 Å². The van der Waals surface area contributed by atoms with Gasteiger partial charge in [-0.3, -0.25) is 9.59 Å². The number of cyclic esters (lactones) is 1. The number of amides is 1. The molecule has 2 rings (SSSR count). The number of hydrogen-bond donors (Lipinski definition) is 0. The molecule has 1 fully saturated rings. The highest BCUT2D eigenvalue weighted by molar-refractivity contribution is 6.27. The maximum absolute atomic E-state index is 11.7. The second kappa shape index (κ2) is 5.19. The van der Waals surface area contributed by atoms with Gasteiger partial charge in [0, 0.05) is 0 Å². The van der Waals surface area contributed by atoms with Gasteiger partial charge in [0.15, 0.2) is 0 Å². The van der Waals surface area contributed by atoms with E-state index in [1.54, 1.807) is 0 Å². The number of esters is 1. The fourth-order valence-electron chi connectivity index (χ4n) is 1.85. The lowest BCUT2D eigenvalue weighted by Gasteiger charge is -2.34. The minimum atomic E-state index is -0.393. The number of rotatable bonds is 2. The normalized spacial score (nSPS) is 19.9. The van der Waals surface area contributed by atoms with Crippen molar-refractivity contribution in [1.29, 1.82) is 0 Å². The van der Waals surface area contributed by atoms with E-state index in [1.165, 1.54) is 4.90 Å². The van der Waals surface area contributed by atoms with E-state index in [0.717, 1.165) is 5.56 Å². The van der Waals surface area contributed by atoms with Gasteiger partial charge in [-0.15, -0.1) is 11.6 Å². The number of benzene rings is 1. The summed E-state index contributed by atoms with van der Waals surface area (Å²) in [6, 6.07) is 9.23. The van der Waals surface area contributed by atoms with E-state index in [4.69, 9.17) is 16.3 Å². The highest BCUT2D eigenvalue weighted by Gasteiger charge is 2.32. The predicted octanol–water partition coefficient (Wildman–Crippen LogP) is 1.35. The molecule has 0 spiro atoms. The molecule has 1 aliphatic rings. The summed E-state index contributed by atoms with van der Waals surface area (Å²) in [6.07, 6.45) is 0. The SMILES string of the molecule is O=C1CN(C(=O)CCl)[C@H](c2ccccc2)CO1. The van der Waals surface area contributed by atoms with Crippen molar-refractivity contribution in [2.45, 2.75) is 6.04 Å². The van der Waals surface area contributed by atoms with E-state index in [9.17, 15) is 9.59 Å². The maximum Gasteiger partial charge on any atom is 0.325 e. The molecule has 17 heavy (non-hydrogen) atoms. The average Bonchev–Trinajstić information content (AvgIpc) is 2.38. The molecule has 0 radical (unpaired) electrons. The van der Waals surface area contributed by atoms with Crippen molar-refractivity contribution in [2.24, 2.45) is 0 Å². The predicted molar refractivity (Wildman–Crippen MR) is 62.6 cm³/mol. The Morgan fingerprint density at radius 1 is 1.41 bits per heavy atom. The molecule has 0 bridgehead atoms. The summed E-state index contributed by atoms with van der Waals surface area (Å²) in [5, 5.41) is 0. The first-order chi connectivity index (χ1) is 8.22. The Labute approximate surface area is 104 Å². The van der Waals surface area contributed by atoms with Crippen LogP contribution < -0.4 is 0 Å². The van der Waals surface area contributed by atoms with Gasteiger partial charge >= 0.3 is 5.97 Å². The van der Waals surface area contributed by atoms with Gasteiger partial charge in [0.1, 0.15) is 19.0 Å². The zero-order valence-electron chi connectivity index (χ0n) is 9.14. The van der Waals surface area contributed by atoms with Crippen molar-refractivity contribution in [1.82, 2.24) is 4.90 Å². The molecule has 1 aromatic carbocycles. The molecule has 0 unspecified atom stereocenters. The molecule has 0 aromatic heterocycles. The van der Waals surface area contributed by atoms with Gasteiger partial charge in [-0.1, -0.05) is 30.3 Å². The molecule has 5 heteroatoms. The van der Waals surface area contributed by atoms with Gasteiger partial charge in [0.05, 0.1) is 6.04 Å². The first-order valence-corrected chi connectivity index (χ1v) is 5.82. The zero-order chi connectivity index (χ0) is 12.3. The third-order valence-electron chi connectivity index (χ3n) is 2.70. The van der Waals surface area contributed by atoms with E-state index in [-0.39, 0.29) is 31.0 Å². The zero-order valence-corrected chi connectivity index (χ0v) is 9.89. The highest BCUT2D eigenvalue weighted by atomic mass is 35.5. The lowest BCUT2D eigenvalue weighted by atomic mass is 10.0. The van der Waals surface area contributed by atoms with Gasteiger partial charge in [-0.2, -0.15) is 0 Å². The largest absolute Gasteiger partial charge is 0.462 e. The van der Waals surface area contributed by atoms with E-state index < -0.39 is 5.97 Å². The third kappa shape index (κ3) is 2.58. The molecule has 0 aliphatic carbocycles. The average molecular weight is 254 g/mol. The number of hydrogen-bond acceptors (Lipinski definition) is 3. The number of morpholine rings is 1. The Kier molecular flexibility index (Phi) is 3.64. The van der Waals surface area contributed by atoms with Crippen LogP contribution in [0.1, 0.15) is 11.6 Å². The van der Waals surface area contributed by atoms with Gasteiger partial charge < -0.3 is 9.64 Å². The number of carbonyl (C=O) groups excluding carboxylic acids is 2. The Hall–Kier alpha value is -1.55. The van der Waals surface area contributed by atoms with E-state index in [1.807, 2.05) is 30.3 Å². The van der Waals surface area contributed by atoms with Crippen LogP contribution in [0.3, 0.4) is 0 Å². The summed E-state index contributed by atoms with van der Waals surface area (Å²) in [7, 11) is 0. The highest BCUT2D eigenvalue weighted by Crippen LogP contribution is 2.24. The van der Waals surface area contributed by atoms with Gasteiger partial charge in [-0.25, -0.2) is 0 Å². The van der Waals surface area contributed by atoms with Gasteiger partial charge in [-0.05, 0) is 5.56 Å². The number of carbonyl (C=O) groups is 2. The van der Waals surface area contributed by atoms with E-state index >= 15 is 0 Å². The molecule has 1 heterocycles. The number of ether oxygens (including phenoxy) is 1. The van der Waals surface area contributed by atoms with Crippen LogP contribution in [0.15, 0.2) is 30.3 Å². The Morgan fingerprint density at radius 3 is 2.76 bits per heavy atom. The first-order valence-electron chi connectivity index (χ1n) is 5.28. The molecule has 1 atom stereocenters. The van der Waals surface area contributed by atoms with Crippen molar-refractivity contribution in [3.05, 3.63) is 35.9 Å². The summed E-state index contributed by atoms with van der Waals surface area (Å²) >= 11 is 5.54. The number of nitrogens with zero attached hydrogens (tertiary/aromatic N) is 1. The fraction of sp³-hybridized carbons (Fsp3) is 0.333. The third-order valence-corrected chi connectivity index (χ3v) is 2.93. The minimum absolute atomic E-state index is 0.0366. The van der Waals surface area contributed by atoms with Crippen LogP contribution in [0, 0.1) is 0 Å². The second-order valence-electron chi connectivity index (χ2n) is 3.76. The lowest BCUT2D eigenvalue weighted by Crippen LogP contribution is -2.46. The minimum Gasteiger partial charge on any atom is -0.462 e. The van der Waals surface area contributed by atoms with Crippen LogP contribution in [0.5, 0.6) is 0 Å². The molecule has 1 aliphatic heterocycles. The molecule has 1 amide bonds. The summed E-state index contributed by atoms with van der Waals surface area (Å²) < 4.78 is 4.99. The molecule has 0 saturated carbocycles. The number of alkyl halides is 1. The quantitative estimate of drug-likeness (QED) is 0.591. The molecule has 0 N–H and O–H groups in total. The van der Waals surface area contributed by atoms with E-state index in [0.29, 0.717) is 0 Å². The smallest absolute Gasteiger partial charge is 0.325 e.